The Morgan fingerprint density at radius 2 is 1.48 bits per heavy atom. The standard InChI is InChI=1S/C24H21N3OS/c1-17-11-9-10-16-20(17)23-25-26-24(27(23)2)29-22(19-14-7-4-8-15-19)21(28)18-12-5-3-6-13-18/h3-16,22H,1-2H3. The Hall–Kier alpha value is -3.18. The van der Waals surface area contributed by atoms with E-state index in [2.05, 4.69) is 23.2 Å². The summed E-state index contributed by atoms with van der Waals surface area (Å²) in [7, 11) is 1.94. The van der Waals surface area contributed by atoms with Crippen LogP contribution >= 0.6 is 11.8 Å². The van der Waals surface area contributed by atoms with Gasteiger partial charge >= 0.3 is 0 Å². The second-order valence-corrected chi connectivity index (χ2v) is 7.89. The van der Waals surface area contributed by atoms with Crippen molar-refractivity contribution in [2.45, 2.75) is 17.3 Å². The molecule has 144 valence electrons. The van der Waals surface area contributed by atoms with Gasteiger partial charge in [0.15, 0.2) is 16.8 Å². The van der Waals surface area contributed by atoms with Crippen molar-refractivity contribution in [1.82, 2.24) is 14.8 Å². The minimum Gasteiger partial charge on any atom is -0.305 e. The maximum Gasteiger partial charge on any atom is 0.192 e. The molecule has 0 saturated carbocycles. The summed E-state index contributed by atoms with van der Waals surface area (Å²) < 4.78 is 1.96. The average molecular weight is 400 g/mol. The van der Waals surface area contributed by atoms with Crippen LogP contribution in [0.2, 0.25) is 0 Å². The normalized spacial score (nSPS) is 11.9. The topological polar surface area (TPSA) is 47.8 Å². The van der Waals surface area contributed by atoms with Crippen LogP contribution in [-0.4, -0.2) is 20.5 Å². The van der Waals surface area contributed by atoms with Crippen LogP contribution in [0.1, 0.15) is 26.7 Å². The Bertz CT molecular complexity index is 1120. The number of ketones is 1. The fraction of sp³-hybridized carbons (Fsp3) is 0.125. The number of hydrogen-bond donors (Lipinski definition) is 0. The van der Waals surface area contributed by atoms with E-state index in [1.807, 2.05) is 90.5 Å². The number of Topliss-reactive ketones (excluding diaryl/α,β-unsaturated/α-hetero) is 1. The molecular formula is C24H21N3OS. The van der Waals surface area contributed by atoms with Gasteiger partial charge in [0.05, 0.1) is 0 Å². The van der Waals surface area contributed by atoms with Crippen LogP contribution in [0.25, 0.3) is 11.4 Å². The molecule has 1 aromatic heterocycles. The molecule has 1 atom stereocenters. The molecule has 1 unspecified atom stereocenters. The van der Waals surface area contributed by atoms with E-state index >= 15 is 0 Å². The molecule has 5 heteroatoms. The van der Waals surface area contributed by atoms with Gasteiger partial charge in [-0.3, -0.25) is 4.79 Å². The summed E-state index contributed by atoms with van der Waals surface area (Å²) >= 11 is 1.43. The third-order valence-electron chi connectivity index (χ3n) is 4.84. The summed E-state index contributed by atoms with van der Waals surface area (Å²) in [5.41, 5.74) is 3.82. The van der Waals surface area contributed by atoms with Crippen molar-refractivity contribution in [3.63, 3.8) is 0 Å². The molecule has 3 aromatic carbocycles. The van der Waals surface area contributed by atoms with Gasteiger partial charge in [-0.05, 0) is 18.1 Å². The lowest BCUT2D eigenvalue weighted by Gasteiger charge is -2.16. The predicted molar refractivity (Wildman–Crippen MR) is 117 cm³/mol. The van der Waals surface area contributed by atoms with Gasteiger partial charge in [0, 0.05) is 18.2 Å². The van der Waals surface area contributed by atoms with E-state index in [9.17, 15) is 4.79 Å². The van der Waals surface area contributed by atoms with Crippen molar-refractivity contribution in [3.05, 3.63) is 102 Å². The van der Waals surface area contributed by atoms with Crippen LogP contribution < -0.4 is 0 Å². The molecular weight excluding hydrogens is 378 g/mol. The van der Waals surface area contributed by atoms with Crippen LogP contribution in [0.3, 0.4) is 0 Å². The van der Waals surface area contributed by atoms with Crippen molar-refractivity contribution >= 4 is 17.5 Å². The van der Waals surface area contributed by atoms with Crippen molar-refractivity contribution < 1.29 is 4.79 Å². The molecule has 0 N–H and O–H groups in total. The van der Waals surface area contributed by atoms with Crippen LogP contribution in [0.5, 0.6) is 0 Å². The molecule has 4 aromatic rings. The zero-order chi connectivity index (χ0) is 20.2. The zero-order valence-corrected chi connectivity index (χ0v) is 17.1. The molecule has 0 aliphatic rings. The number of carbonyl (C=O) groups excluding carboxylic acids is 1. The molecule has 1 heterocycles. The Morgan fingerprint density at radius 3 is 2.17 bits per heavy atom. The van der Waals surface area contributed by atoms with Crippen LogP contribution in [0, 0.1) is 6.92 Å². The van der Waals surface area contributed by atoms with E-state index in [4.69, 9.17) is 0 Å². The van der Waals surface area contributed by atoms with E-state index in [0.717, 1.165) is 22.5 Å². The summed E-state index contributed by atoms with van der Waals surface area (Å²) in [5.74, 6) is 0.854. The summed E-state index contributed by atoms with van der Waals surface area (Å²) in [5, 5.41) is 9.12. The molecule has 29 heavy (non-hydrogen) atoms. The van der Waals surface area contributed by atoms with Gasteiger partial charge < -0.3 is 4.57 Å². The van der Waals surface area contributed by atoms with Gasteiger partial charge in [-0.2, -0.15) is 0 Å². The summed E-state index contributed by atoms with van der Waals surface area (Å²) in [6.07, 6.45) is 0. The number of thioether (sulfide) groups is 1. The minimum atomic E-state index is -0.397. The number of carbonyl (C=O) groups is 1. The Kier molecular flexibility index (Phi) is 5.58. The number of hydrogen-bond acceptors (Lipinski definition) is 4. The highest BCUT2D eigenvalue weighted by atomic mass is 32.2. The highest BCUT2D eigenvalue weighted by molar-refractivity contribution is 8.00. The van der Waals surface area contributed by atoms with Gasteiger partial charge in [0.25, 0.3) is 0 Å². The lowest BCUT2D eigenvalue weighted by Crippen LogP contribution is -2.11. The Morgan fingerprint density at radius 1 is 0.862 bits per heavy atom. The van der Waals surface area contributed by atoms with Gasteiger partial charge in [-0.1, -0.05) is 96.7 Å². The molecule has 0 aliphatic carbocycles. The zero-order valence-electron chi connectivity index (χ0n) is 16.3. The van der Waals surface area contributed by atoms with Crippen LogP contribution in [0.4, 0.5) is 0 Å². The number of aromatic nitrogens is 3. The van der Waals surface area contributed by atoms with E-state index in [-0.39, 0.29) is 5.78 Å². The van der Waals surface area contributed by atoms with Crippen molar-refractivity contribution in [1.29, 1.82) is 0 Å². The predicted octanol–water partition coefficient (Wildman–Crippen LogP) is 5.51. The van der Waals surface area contributed by atoms with Crippen LogP contribution in [0.15, 0.2) is 90.1 Å². The first-order valence-electron chi connectivity index (χ1n) is 9.41. The summed E-state index contributed by atoms with van der Waals surface area (Å²) in [6, 6.07) is 27.3. The molecule has 0 radical (unpaired) electrons. The van der Waals surface area contributed by atoms with Gasteiger partial charge in [-0.15, -0.1) is 10.2 Å². The SMILES string of the molecule is Cc1ccccc1-c1nnc(SC(C(=O)c2ccccc2)c2ccccc2)n1C. The average Bonchev–Trinajstić information content (AvgIpc) is 3.13. The van der Waals surface area contributed by atoms with Crippen molar-refractivity contribution in [2.24, 2.45) is 7.05 Å². The molecule has 0 saturated heterocycles. The Balaban J connectivity index is 1.71. The quantitative estimate of drug-likeness (QED) is 0.317. The first-order valence-corrected chi connectivity index (χ1v) is 10.3. The number of aryl methyl sites for hydroxylation is 1. The number of nitrogens with zero attached hydrogens (tertiary/aromatic N) is 3. The van der Waals surface area contributed by atoms with Crippen molar-refractivity contribution in [3.8, 4) is 11.4 Å². The van der Waals surface area contributed by atoms with Gasteiger partial charge in [0.2, 0.25) is 0 Å². The van der Waals surface area contributed by atoms with Gasteiger partial charge in [-0.25, -0.2) is 0 Å². The summed E-state index contributed by atoms with van der Waals surface area (Å²) in [4.78, 5) is 13.3. The van der Waals surface area contributed by atoms with Crippen LogP contribution in [-0.2, 0) is 7.05 Å². The lowest BCUT2D eigenvalue weighted by atomic mass is 10.0. The molecule has 0 spiro atoms. The van der Waals surface area contributed by atoms with E-state index < -0.39 is 5.25 Å². The highest BCUT2D eigenvalue weighted by Gasteiger charge is 2.26. The summed E-state index contributed by atoms with van der Waals surface area (Å²) in [6.45, 7) is 2.06. The highest BCUT2D eigenvalue weighted by Crippen LogP contribution is 2.38. The molecule has 0 bridgehead atoms. The third-order valence-corrected chi connectivity index (χ3v) is 6.13. The largest absolute Gasteiger partial charge is 0.305 e. The minimum absolute atomic E-state index is 0.0576. The lowest BCUT2D eigenvalue weighted by molar-refractivity contribution is 0.0989. The monoisotopic (exact) mass is 399 g/mol. The third kappa shape index (κ3) is 4.00. The first kappa shape index (κ1) is 19.2. The Labute approximate surface area is 174 Å². The fourth-order valence-electron chi connectivity index (χ4n) is 3.24. The molecule has 0 amide bonds. The van der Waals surface area contributed by atoms with Gasteiger partial charge in [0.1, 0.15) is 5.25 Å². The second-order valence-electron chi connectivity index (χ2n) is 6.82. The number of rotatable bonds is 6. The van der Waals surface area contributed by atoms with Crippen molar-refractivity contribution in [2.75, 3.05) is 0 Å². The maximum absolute atomic E-state index is 13.3. The second kappa shape index (κ2) is 8.45. The molecule has 4 rings (SSSR count). The smallest absolute Gasteiger partial charge is 0.192 e. The van der Waals surface area contributed by atoms with E-state index in [1.54, 1.807) is 0 Å². The molecule has 0 aliphatic heterocycles. The van der Waals surface area contributed by atoms with E-state index in [1.165, 1.54) is 11.8 Å². The molecule has 0 fully saturated rings. The number of benzene rings is 3. The first-order chi connectivity index (χ1) is 14.1. The van der Waals surface area contributed by atoms with E-state index in [0.29, 0.717) is 10.7 Å². The fourth-order valence-corrected chi connectivity index (χ4v) is 4.32. The molecule has 4 nitrogen and oxygen atoms in total. The maximum atomic E-state index is 13.3.